The molecular formula is C22H25N3O2. The summed E-state index contributed by atoms with van der Waals surface area (Å²) in [6.45, 7) is 3.03. The van der Waals surface area contributed by atoms with Gasteiger partial charge in [0, 0.05) is 32.6 Å². The first-order valence-corrected chi connectivity index (χ1v) is 9.64. The van der Waals surface area contributed by atoms with Crippen LogP contribution in [0, 0.1) is 0 Å². The fourth-order valence-electron chi connectivity index (χ4n) is 4.10. The Kier molecular flexibility index (Phi) is 5.21. The maximum atomic E-state index is 12.7. The largest absolute Gasteiger partial charge is 0.344 e. The van der Waals surface area contributed by atoms with E-state index in [4.69, 9.17) is 0 Å². The summed E-state index contributed by atoms with van der Waals surface area (Å²) in [5, 5.41) is 2.79. The number of hydrogen-bond acceptors (Lipinski definition) is 3. The Morgan fingerprint density at radius 2 is 1.44 bits per heavy atom. The zero-order chi connectivity index (χ0) is 18.6. The highest BCUT2D eigenvalue weighted by molar-refractivity contribution is 5.90. The van der Waals surface area contributed by atoms with Crippen LogP contribution in [0.3, 0.4) is 0 Å². The Labute approximate surface area is 160 Å². The Bertz CT molecular complexity index is 746. The van der Waals surface area contributed by atoms with Gasteiger partial charge in [-0.2, -0.15) is 0 Å². The molecule has 2 aliphatic rings. The summed E-state index contributed by atoms with van der Waals surface area (Å²) in [7, 11) is 0. The molecule has 0 bridgehead atoms. The topological polar surface area (TPSA) is 52.7 Å². The highest BCUT2D eigenvalue weighted by Crippen LogP contribution is 2.29. The van der Waals surface area contributed by atoms with Gasteiger partial charge in [-0.05, 0) is 17.5 Å². The molecular weight excluding hydrogens is 338 g/mol. The normalized spacial score (nSPS) is 20.7. The van der Waals surface area contributed by atoms with Gasteiger partial charge in [0.05, 0.1) is 6.04 Å². The molecule has 5 heteroatoms. The molecule has 0 radical (unpaired) electrons. The number of benzene rings is 2. The van der Waals surface area contributed by atoms with Crippen LogP contribution in [0.1, 0.15) is 30.0 Å². The lowest BCUT2D eigenvalue weighted by atomic mass is 9.96. The number of carbonyl (C=O) groups is 2. The highest BCUT2D eigenvalue weighted by atomic mass is 16.2. The average Bonchev–Trinajstić information content (AvgIpc) is 3.16. The van der Waals surface area contributed by atoms with Crippen LogP contribution in [-0.4, -0.2) is 53.8 Å². The van der Waals surface area contributed by atoms with E-state index in [1.807, 2.05) is 17.0 Å². The Balaban J connectivity index is 1.47. The zero-order valence-electron chi connectivity index (χ0n) is 15.4. The fourth-order valence-corrected chi connectivity index (χ4v) is 4.10. The third-order valence-corrected chi connectivity index (χ3v) is 5.52. The van der Waals surface area contributed by atoms with Crippen LogP contribution in [0.25, 0.3) is 0 Å². The van der Waals surface area contributed by atoms with Gasteiger partial charge in [-0.3, -0.25) is 14.5 Å². The number of hydrogen-bond donors (Lipinski definition) is 1. The summed E-state index contributed by atoms with van der Waals surface area (Å²) in [5.74, 6) is 0.0525. The molecule has 27 heavy (non-hydrogen) atoms. The van der Waals surface area contributed by atoms with Gasteiger partial charge in [0.25, 0.3) is 0 Å². The Morgan fingerprint density at radius 1 is 0.889 bits per heavy atom. The molecule has 0 aliphatic carbocycles. The van der Waals surface area contributed by atoms with Crippen molar-refractivity contribution in [1.82, 2.24) is 15.1 Å². The number of piperazine rings is 1. The van der Waals surface area contributed by atoms with Crippen LogP contribution < -0.4 is 5.32 Å². The minimum absolute atomic E-state index is 0.0137. The molecule has 140 valence electrons. The van der Waals surface area contributed by atoms with E-state index in [1.54, 1.807) is 0 Å². The molecule has 2 aliphatic heterocycles. The number of carbonyl (C=O) groups excluding carboxylic acids is 2. The van der Waals surface area contributed by atoms with E-state index in [1.165, 1.54) is 11.1 Å². The van der Waals surface area contributed by atoms with Gasteiger partial charge in [0.1, 0.15) is 6.04 Å². The van der Waals surface area contributed by atoms with Crippen LogP contribution in [0.4, 0.5) is 0 Å². The number of rotatable bonds is 4. The summed E-state index contributed by atoms with van der Waals surface area (Å²) in [6, 6.07) is 20.9. The summed E-state index contributed by atoms with van der Waals surface area (Å²) in [4.78, 5) is 28.4. The van der Waals surface area contributed by atoms with E-state index in [2.05, 4.69) is 58.7 Å². The number of nitrogens with zero attached hydrogens (tertiary/aromatic N) is 2. The molecule has 0 spiro atoms. The molecule has 2 saturated heterocycles. The second kappa shape index (κ2) is 7.92. The van der Waals surface area contributed by atoms with Crippen molar-refractivity contribution in [2.24, 2.45) is 0 Å². The second-order valence-corrected chi connectivity index (χ2v) is 7.24. The van der Waals surface area contributed by atoms with Crippen molar-refractivity contribution < 1.29 is 9.59 Å². The summed E-state index contributed by atoms with van der Waals surface area (Å²) < 4.78 is 0. The van der Waals surface area contributed by atoms with Gasteiger partial charge in [0.2, 0.25) is 11.8 Å². The standard InChI is InChI=1S/C22H25N3O2/c26-20-12-11-19(23-20)22(27)25-15-13-24(14-16-25)21(17-7-3-1-4-8-17)18-9-5-2-6-10-18/h1-10,19,21H,11-16H2,(H,23,26)/t19-/m1/s1. The van der Waals surface area contributed by atoms with Gasteiger partial charge < -0.3 is 10.2 Å². The van der Waals surface area contributed by atoms with E-state index in [9.17, 15) is 9.59 Å². The van der Waals surface area contributed by atoms with Crippen LogP contribution >= 0.6 is 0 Å². The zero-order valence-corrected chi connectivity index (χ0v) is 15.4. The number of nitrogens with one attached hydrogen (secondary N) is 1. The van der Waals surface area contributed by atoms with Crippen LogP contribution in [-0.2, 0) is 9.59 Å². The van der Waals surface area contributed by atoms with Crippen molar-refractivity contribution in [3.05, 3.63) is 71.8 Å². The Hall–Kier alpha value is -2.66. The minimum atomic E-state index is -0.330. The fraction of sp³-hybridized carbons (Fsp3) is 0.364. The first-order chi connectivity index (χ1) is 13.2. The molecule has 2 aromatic carbocycles. The van der Waals surface area contributed by atoms with Crippen molar-refractivity contribution in [1.29, 1.82) is 0 Å². The highest BCUT2D eigenvalue weighted by Gasteiger charge is 2.33. The van der Waals surface area contributed by atoms with Gasteiger partial charge in [-0.1, -0.05) is 60.7 Å². The lowest BCUT2D eigenvalue weighted by molar-refractivity contribution is -0.136. The van der Waals surface area contributed by atoms with Gasteiger partial charge in [0.15, 0.2) is 0 Å². The van der Waals surface area contributed by atoms with Gasteiger partial charge in [-0.25, -0.2) is 0 Å². The van der Waals surface area contributed by atoms with Gasteiger partial charge in [-0.15, -0.1) is 0 Å². The first-order valence-electron chi connectivity index (χ1n) is 9.64. The van der Waals surface area contributed by atoms with Crippen molar-refractivity contribution in [2.75, 3.05) is 26.2 Å². The molecule has 2 aromatic rings. The maximum absolute atomic E-state index is 12.7. The summed E-state index contributed by atoms with van der Waals surface area (Å²) in [6.07, 6.45) is 1.08. The van der Waals surface area contributed by atoms with Crippen molar-refractivity contribution in [3.63, 3.8) is 0 Å². The molecule has 0 saturated carbocycles. The molecule has 5 nitrogen and oxygen atoms in total. The quantitative estimate of drug-likeness (QED) is 0.906. The monoisotopic (exact) mass is 363 g/mol. The SMILES string of the molecule is O=C1CC[C@H](C(=O)N2CCN(C(c3ccccc3)c3ccccc3)CC2)N1. The second-order valence-electron chi connectivity index (χ2n) is 7.24. The summed E-state index contributed by atoms with van der Waals surface area (Å²) >= 11 is 0. The minimum Gasteiger partial charge on any atom is -0.344 e. The lowest BCUT2D eigenvalue weighted by Gasteiger charge is -2.40. The predicted octanol–water partition coefficient (Wildman–Crippen LogP) is 2.20. The predicted molar refractivity (Wildman–Crippen MR) is 104 cm³/mol. The third kappa shape index (κ3) is 3.88. The smallest absolute Gasteiger partial charge is 0.245 e. The molecule has 1 N–H and O–H groups in total. The van der Waals surface area contributed by atoms with Crippen LogP contribution in [0.2, 0.25) is 0 Å². The van der Waals surface area contributed by atoms with Crippen molar-refractivity contribution >= 4 is 11.8 Å². The van der Waals surface area contributed by atoms with Crippen molar-refractivity contribution in [3.8, 4) is 0 Å². The lowest BCUT2D eigenvalue weighted by Crippen LogP contribution is -2.53. The van der Waals surface area contributed by atoms with E-state index in [-0.39, 0.29) is 23.9 Å². The number of amides is 2. The maximum Gasteiger partial charge on any atom is 0.245 e. The van der Waals surface area contributed by atoms with E-state index < -0.39 is 0 Å². The Morgan fingerprint density at radius 3 is 1.93 bits per heavy atom. The van der Waals surface area contributed by atoms with E-state index >= 15 is 0 Å². The van der Waals surface area contributed by atoms with E-state index in [0.29, 0.717) is 25.9 Å². The van der Waals surface area contributed by atoms with Crippen LogP contribution in [0.5, 0.6) is 0 Å². The molecule has 4 rings (SSSR count). The molecule has 1 atom stereocenters. The molecule has 0 aromatic heterocycles. The first kappa shape index (κ1) is 17.7. The molecule has 0 unspecified atom stereocenters. The molecule has 2 fully saturated rings. The van der Waals surface area contributed by atoms with Gasteiger partial charge >= 0.3 is 0 Å². The van der Waals surface area contributed by atoms with Crippen LogP contribution in [0.15, 0.2) is 60.7 Å². The third-order valence-electron chi connectivity index (χ3n) is 5.52. The van der Waals surface area contributed by atoms with Crippen molar-refractivity contribution in [2.45, 2.75) is 24.9 Å². The average molecular weight is 363 g/mol. The molecule has 2 amide bonds. The summed E-state index contributed by atoms with van der Waals surface area (Å²) in [5.41, 5.74) is 2.54. The molecule has 2 heterocycles. The van der Waals surface area contributed by atoms with E-state index in [0.717, 1.165) is 13.1 Å².